The number of carboxylic acid groups (broad SMARTS) is 1. The van der Waals surface area contributed by atoms with Gasteiger partial charge in [0.1, 0.15) is 0 Å². The van der Waals surface area contributed by atoms with Crippen LogP contribution in [0.3, 0.4) is 0 Å². The molecule has 2 heteroatoms. The smallest absolute Gasteiger partial charge is 0.310 e. The molecule has 0 unspecified atom stereocenters. The molecule has 0 fully saturated rings. The van der Waals surface area contributed by atoms with Crippen LogP contribution in [-0.2, 0) is 4.79 Å². The van der Waals surface area contributed by atoms with Crippen molar-refractivity contribution in [3.63, 3.8) is 0 Å². The van der Waals surface area contributed by atoms with E-state index in [-0.39, 0.29) is 5.92 Å². The minimum Gasteiger partial charge on any atom is -0.481 e. The zero-order chi connectivity index (χ0) is 9.68. The van der Waals surface area contributed by atoms with E-state index in [0.717, 1.165) is 12.0 Å². The molecule has 0 spiro atoms. The van der Waals surface area contributed by atoms with E-state index < -0.39 is 5.97 Å². The van der Waals surface area contributed by atoms with Gasteiger partial charge in [-0.3, -0.25) is 4.79 Å². The molecule has 2 nitrogen and oxygen atoms in total. The lowest BCUT2D eigenvalue weighted by atomic mass is 9.95. The summed E-state index contributed by atoms with van der Waals surface area (Å²) in [5.41, 5.74) is 0.900. The van der Waals surface area contributed by atoms with Gasteiger partial charge in [-0.15, -0.1) is 0 Å². The topological polar surface area (TPSA) is 37.3 Å². The fraction of sp³-hybridized carbons (Fsp3) is 0.364. The van der Waals surface area contributed by atoms with E-state index in [1.54, 1.807) is 0 Å². The molecular formula is C11H14O2. The molecule has 1 aromatic rings. The normalized spacial score (nSPS) is 12.4. The maximum atomic E-state index is 10.9. The molecule has 13 heavy (non-hydrogen) atoms. The van der Waals surface area contributed by atoms with Crippen LogP contribution in [0.25, 0.3) is 0 Å². The Morgan fingerprint density at radius 2 is 2.00 bits per heavy atom. The first-order chi connectivity index (χ1) is 6.25. The molecule has 0 aliphatic rings. The van der Waals surface area contributed by atoms with Crippen LogP contribution >= 0.6 is 0 Å². The van der Waals surface area contributed by atoms with Crippen molar-refractivity contribution in [3.05, 3.63) is 35.9 Å². The lowest BCUT2D eigenvalue weighted by Crippen LogP contribution is -2.10. The monoisotopic (exact) mass is 178 g/mol. The molecule has 0 amide bonds. The van der Waals surface area contributed by atoms with Crippen molar-refractivity contribution in [1.29, 1.82) is 0 Å². The van der Waals surface area contributed by atoms with Gasteiger partial charge in [0.2, 0.25) is 0 Å². The average molecular weight is 178 g/mol. The van der Waals surface area contributed by atoms with Crippen LogP contribution < -0.4 is 0 Å². The molecule has 0 aliphatic heterocycles. The predicted octanol–water partition coefficient (Wildman–Crippen LogP) is 2.65. The Kier molecular flexibility index (Phi) is 3.50. The van der Waals surface area contributed by atoms with Crippen molar-refractivity contribution in [2.24, 2.45) is 0 Å². The van der Waals surface area contributed by atoms with E-state index in [4.69, 9.17) is 5.11 Å². The number of carbonyl (C=O) groups is 1. The summed E-state index contributed by atoms with van der Waals surface area (Å²) in [4.78, 5) is 10.9. The fourth-order valence-electron chi connectivity index (χ4n) is 1.41. The van der Waals surface area contributed by atoms with E-state index in [1.165, 1.54) is 0 Å². The summed E-state index contributed by atoms with van der Waals surface area (Å²) in [6, 6.07) is 9.39. The lowest BCUT2D eigenvalue weighted by Gasteiger charge is -2.10. The summed E-state index contributed by atoms with van der Waals surface area (Å²) in [7, 11) is 0. The third kappa shape index (κ3) is 2.58. The van der Waals surface area contributed by atoms with Crippen LogP contribution in [0.1, 0.15) is 31.2 Å². The van der Waals surface area contributed by atoms with Gasteiger partial charge in [0.15, 0.2) is 0 Å². The molecular weight excluding hydrogens is 164 g/mol. The number of aliphatic carboxylic acids is 1. The highest BCUT2D eigenvalue weighted by Gasteiger charge is 2.17. The van der Waals surface area contributed by atoms with Crippen LogP contribution in [0.2, 0.25) is 0 Å². The van der Waals surface area contributed by atoms with Crippen LogP contribution in [0.4, 0.5) is 0 Å². The van der Waals surface area contributed by atoms with E-state index >= 15 is 0 Å². The predicted molar refractivity (Wildman–Crippen MR) is 51.7 cm³/mol. The minimum atomic E-state index is -0.729. The summed E-state index contributed by atoms with van der Waals surface area (Å²) in [5.74, 6) is -1.07. The number of rotatable bonds is 4. The number of hydrogen-bond donors (Lipinski definition) is 1. The number of carboxylic acids is 1. The summed E-state index contributed by atoms with van der Waals surface area (Å²) in [6.45, 7) is 2.00. The Bertz CT molecular complexity index is 267. The van der Waals surface area contributed by atoms with Gasteiger partial charge < -0.3 is 5.11 Å². The molecule has 70 valence electrons. The minimum absolute atomic E-state index is 0.341. The number of hydrogen-bond acceptors (Lipinski definition) is 1. The van der Waals surface area contributed by atoms with Gasteiger partial charge in [0, 0.05) is 0 Å². The molecule has 0 saturated carbocycles. The molecule has 1 rings (SSSR count). The van der Waals surface area contributed by atoms with Gasteiger partial charge >= 0.3 is 5.97 Å². The highest BCUT2D eigenvalue weighted by Crippen LogP contribution is 2.20. The SMILES string of the molecule is CCC[C@H](C(=O)O)c1ccccc1. The standard InChI is InChI=1S/C11H14O2/c1-2-6-10(11(12)13)9-7-4-3-5-8-9/h3-5,7-8,10H,2,6H2,1H3,(H,12,13)/t10-/m0/s1. The summed E-state index contributed by atoms with van der Waals surface area (Å²) < 4.78 is 0. The fourth-order valence-corrected chi connectivity index (χ4v) is 1.41. The second-order valence-electron chi connectivity index (χ2n) is 3.09. The second-order valence-corrected chi connectivity index (χ2v) is 3.09. The Morgan fingerprint density at radius 1 is 1.38 bits per heavy atom. The van der Waals surface area contributed by atoms with Crippen molar-refractivity contribution in [2.75, 3.05) is 0 Å². The van der Waals surface area contributed by atoms with Crippen LogP contribution in [0, 0.1) is 0 Å². The molecule has 0 bridgehead atoms. The third-order valence-electron chi connectivity index (χ3n) is 2.08. The van der Waals surface area contributed by atoms with Crippen LogP contribution in [-0.4, -0.2) is 11.1 Å². The Balaban J connectivity index is 2.82. The van der Waals surface area contributed by atoms with Gasteiger partial charge in [-0.2, -0.15) is 0 Å². The van der Waals surface area contributed by atoms with Crippen molar-refractivity contribution in [2.45, 2.75) is 25.7 Å². The summed E-state index contributed by atoms with van der Waals surface area (Å²) in [5, 5.41) is 8.96. The molecule has 1 atom stereocenters. The van der Waals surface area contributed by atoms with Crippen LogP contribution in [0.5, 0.6) is 0 Å². The highest BCUT2D eigenvalue weighted by atomic mass is 16.4. The summed E-state index contributed by atoms with van der Waals surface area (Å²) in [6.07, 6.45) is 1.60. The molecule has 0 heterocycles. The van der Waals surface area contributed by atoms with Gasteiger partial charge in [0.05, 0.1) is 5.92 Å². The van der Waals surface area contributed by atoms with Crippen LogP contribution in [0.15, 0.2) is 30.3 Å². The van der Waals surface area contributed by atoms with E-state index in [2.05, 4.69) is 0 Å². The molecule has 0 saturated heterocycles. The zero-order valence-corrected chi connectivity index (χ0v) is 7.73. The van der Waals surface area contributed by atoms with E-state index in [1.807, 2.05) is 37.3 Å². The molecule has 1 N–H and O–H groups in total. The van der Waals surface area contributed by atoms with Crippen molar-refractivity contribution < 1.29 is 9.90 Å². The molecule has 0 radical (unpaired) electrons. The molecule has 1 aromatic carbocycles. The first-order valence-corrected chi connectivity index (χ1v) is 4.53. The number of benzene rings is 1. The third-order valence-corrected chi connectivity index (χ3v) is 2.08. The maximum Gasteiger partial charge on any atom is 0.310 e. The van der Waals surface area contributed by atoms with Gasteiger partial charge in [-0.1, -0.05) is 43.7 Å². The lowest BCUT2D eigenvalue weighted by molar-refractivity contribution is -0.139. The average Bonchev–Trinajstić information content (AvgIpc) is 2.15. The quantitative estimate of drug-likeness (QED) is 0.769. The van der Waals surface area contributed by atoms with Gasteiger partial charge in [0.25, 0.3) is 0 Å². The van der Waals surface area contributed by atoms with Crippen molar-refractivity contribution in [3.8, 4) is 0 Å². The van der Waals surface area contributed by atoms with E-state index in [9.17, 15) is 4.79 Å². The second kappa shape index (κ2) is 4.65. The van der Waals surface area contributed by atoms with Gasteiger partial charge in [-0.25, -0.2) is 0 Å². The van der Waals surface area contributed by atoms with Gasteiger partial charge in [-0.05, 0) is 12.0 Å². The van der Waals surface area contributed by atoms with Crippen molar-refractivity contribution >= 4 is 5.97 Å². The highest BCUT2D eigenvalue weighted by molar-refractivity contribution is 5.75. The molecule has 0 aliphatic carbocycles. The summed E-state index contributed by atoms with van der Waals surface area (Å²) >= 11 is 0. The van der Waals surface area contributed by atoms with E-state index in [0.29, 0.717) is 6.42 Å². The first-order valence-electron chi connectivity index (χ1n) is 4.53. The zero-order valence-electron chi connectivity index (χ0n) is 7.73. The Labute approximate surface area is 78.2 Å². The van der Waals surface area contributed by atoms with Crippen molar-refractivity contribution in [1.82, 2.24) is 0 Å². The maximum absolute atomic E-state index is 10.9. The largest absolute Gasteiger partial charge is 0.481 e. The Hall–Kier alpha value is -1.31. The Morgan fingerprint density at radius 3 is 2.46 bits per heavy atom. The first kappa shape index (κ1) is 9.78. The molecule has 0 aromatic heterocycles.